The highest BCUT2D eigenvalue weighted by molar-refractivity contribution is 7.99. The molecule has 3 N–H and O–H groups in total. The van der Waals surface area contributed by atoms with Crippen LogP contribution in [0.4, 0.5) is 11.4 Å². The summed E-state index contributed by atoms with van der Waals surface area (Å²) in [5, 5.41) is 2.90. The van der Waals surface area contributed by atoms with Gasteiger partial charge in [0.1, 0.15) is 0 Å². The van der Waals surface area contributed by atoms with E-state index < -0.39 is 0 Å². The molecule has 0 aliphatic heterocycles. The van der Waals surface area contributed by atoms with Crippen LogP contribution in [0.3, 0.4) is 0 Å². The lowest BCUT2D eigenvalue weighted by Gasteiger charge is -2.08. The van der Waals surface area contributed by atoms with Gasteiger partial charge in [0, 0.05) is 16.7 Å². The Balaban J connectivity index is 2.05. The highest BCUT2D eigenvalue weighted by atomic mass is 32.2. The average Bonchev–Trinajstić information content (AvgIpc) is 2.48. The maximum atomic E-state index is 12.0. The molecule has 0 aliphatic rings. The van der Waals surface area contributed by atoms with Crippen molar-refractivity contribution in [2.45, 2.75) is 11.8 Å². The molecule has 0 fully saturated rings. The van der Waals surface area contributed by atoms with Gasteiger partial charge in [0.15, 0.2) is 0 Å². The van der Waals surface area contributed by atoms with Crippen molar-refractivity contribution in [3.63, 3.8) is 0 Å². The molecule has 0 aromatic heterocycles. The minimum absolute atomic E-state index is 0.151. The summed E-state index contributed by atoms with van der Waals surface area (Å²) in [6.07, 6.45) is 3.27. The van der Waals surface area contributed by atoms with E-state index in [1.54, 1.807) is 17.8 Å². The molecule has 0 atom stereocenters. The predicted octanol–water partition coefficient (Wildman–Crippen LogP) is 4.03. The number of para-hydroxylation sites is 1. The largest absolute Gasteiger partial charge is 0.399 e. The number of nitrogens with two attached hydrogens (primary N) is 1. The van der Waals surface area contributed by atoms with Gasteiger partial charge in [0.25, 0.3) is 0 Å². The second kappa shape index (κ2) is 7.55. The van der Waals surface area contributed by atoms with Gasteiger partial charge in [-0.1, -0.05) is 31.2 Å². The number of nitrogens with one attached hydrogen (secondary N) is 1. The molecule has 21 heavy (non-hydrogen) atoms. The first-order chi connectivity index (χ1) is 10.2. The highest BCUT2D eigenvalue weighted by Gasteiger charge is 2.03. The Labute approximate surface area is 129 Å². The highest BCUT2D eigenvalue weighted by Crippen LogP contribution is 2.26. The number of thioether (sulfide) groups is 1. The van der Waals surface area contributed by atoms with Crippen molar-refractivity contribution in [3.8, 4) is 0 Å². The molecule has 0 bridgehead atoms. The molecular formula is C17H18N2OS. The summed E-state index contributed by atoms with van der Waals surface area (Å²) in [7, 11) is 0. The Morgan fingerprint density at radius 1 is 1.24 bits per heavy atom. The van der Waals surface area contributed by atoms with E-state index in [0.29, 0.717) is 5.69 Å². The Morgan fingerprint density at radius 3 is 2.81 bits per heavy atom. The quantitative estimate of drug-likeness (QED) is 0.498. The Hall–Kier alpha value is -2.20. The SMILES string of the molecule is CCSc1ccccc1NC(=O)/C=C/c1cccc(N)c1. The minimum Gasteiger partial charge on any atom is -0.399 e. The third-order valence-electron chi connectivity index (χ3n) is 2.78. The standard InChI is InChI=1S/C17H18N2OS/c1-2-21-16-9-4-3-8-15(16)19-17(20)11-10-13-6-5-7-14(18)12-13/h3-12H,2,18H2,1H3,(H,19,20)/b11-10+. The average molecular weight is 298 g/mol. The lowest BCUT2D eigenvalue weighted by Crippen LogP contribution is -2.08. The zero-order chi connectivity index (χ0) is 15.1. The number of amides is 1. The van der Waals surface area contributed by atoms with Crippen LogP contribution in [-0.2, 0) is 4.79 Å². The van der Waals surface area contributed by atoms with Crippen LogP contribution in [0.5, 0.6) is 0 Å². The molecule has 0 unspecified atom stereocenters. The van der Waals surface area contributed by atoms with Crippen LogP contribution < -0.4 is 11.1 Å². The molecule has 1 amide bonds. The minimum atomic E-state index is -0.151. The van der Waals surface area contributed by atoms with Crippen molar-refractivity contribution in [3.05, 3.63) is 60.2 Å². The molecule has 0 heterocycles. The maximum Gasteiger partial charge on any atom is 0.248 e. The van der Waals surface area contributed by atoms with Gasteiger partial charge in [-0.2, -0.15) is 0 Å². The summed E-state index contributed by atoms with van der Waals surface area (Å²) in [5.74, 6) is 0.813. The molecule has 0 saturated heterocycles. The fourth-order valence-corrected chi connectivity index (χ4v) is 2.62. The van der Waals surface area contributed by atoms with Crippen molar-refractivity contribution in [1.29, 1.82) is 0 Å². The normalized spacial score (nSPS) is 10.7. The van der Waals surface area contributed by atoms with Gasteiger partial charge in [-0.3, -0.25) is 4.79 Å². The predicted molar refractivity (Wildman–Crippen MR) is 91.4 cm³/mol. The number of nitrogen functional groups attached to an aromatic ring is 1. The molecular weight excluding hydrogens is 280 g/mol. The maximum absolute atomic E-state index is 12.0. The van der Waals surface area contributed by atoms with Gasteiger partial charge < -0.3 is 11.1 Å². The number of hydrogen-bond donors (Lipinski definition) is 2. The molecule has 2 rings (SSSR count). The number of anilines is 2. The second-order valence-electron chi connectivity index (χ2n) is 4.42. The van der Waals surface area contributed by atoms with E-state index in [-0.39, 0.29) is 5.91 Å². The molecule has 0 radical (unpaired) electrons. The first kappa shape index (κ1) is 15.2. The summed E-state index contributed by atoms with van der Waals surface area (Å²) in [6.45, 7) is 2.09. The summed E-state index contributed by atoms with van der Waals surface area (Å²) in [6, 6.07) is 15.2. The van der Waals surface area contributed by atoms with Crippen LogP contribution in [0, 0.1) is 0 Å². The van der Waals surface area contributed by atoms with Crippen molar-refractivity contribution in [2.75, 3.05) is 16.8 Å². The van der Waals surface area contributed by atoms with Gasteiger partial charge in [0.2, 0.25) is 5.91 Å². The van der Waals surface area contributed by atoms with Crippen LogP contribution in [-0.4, -0.2) is 11.7 Å². The van der Waals surface area contributed by atoms with Crippen molar-refractivity contribution in [1.82, 2.24) is 0 Å². The first-order valence-corrected chi connectivity index (χ1v) is 7.74. The lowest BCUT2D eigenvalue weighted by atomic mass is 10.2. The summed E-state index contributed by atoms with van der Waals surface area (Å²) >= 11 is 1.70. The summed E-state index contributed by atoms with van der Waals surface area (Å²) < 4.78 is 0. The Bertz CT molecular complexity index is 653. The van der Waals surface area contributed by atoms with Gasteiger partial charge in [-0.05, 0) is 41.7 Å². The number of carbonyl (C=O) groups excluding carboxylic acids is 1. The molecule has 0 saturated carbocycles. The van der Waals surface area contributed by atoms with E-state index in [0.717, 1.165) is 21.9 Å². The topological polar surface area (TPSA) is 55.1 Å². The molecule has 0 aliphatic carbocycles. The van der Waals surface area contributed by atoms with Gasteiger partial charge in [-0.25, -0.2) is 0 Å². The Morgan fingerprint density at radius 2 is 2.05 bits per heavy atom. The van der Waals surface area contributed by atoms with E-state index in [9.17, 15) is 4.79 Å². The van der Waals surface area contributed by atoms with E-state index in [4.69, 9.17) is 5.73 Å². The number of rotatable bonds is 5. The molecule has 4 heteroatoms. The molecule has 108 valence electrons. The van der Waals surface area contributed by atoms with Gasteiger partial charge >= 0.3 is 0 Å². The molecule has 0 spiro atoms. The van der Waals surface area contributed by atoms with Crippen LogP contribution >= 0.6 is 11.8 Å². The second-order valence-corrected chi connectivity index (χ2v) is 5.73. The van der Waals surface area contributed by atoms with Crippen molar-refractivity contribution < 1.29 is 4.79 Å². The number of hydrogen-bond acceptors (Lipinski definition) is 3. The fraction of sp³-hybridized carbons (Fsp3) is 0.118. The molecule has 2 aromatic carbocycles. The van der Waals surface area contributed by atoms with Crippen LogP contribution in [0.25, 0.3) is 6.08 Å². The Kier molecular flexibility index (Phi) is 5.46. The zero-order valence-electron chi connectivity index (χ0n) is 11.9. The molecule has 2 aromatic rings. The van der Waals surface area contributed by atoms with Crippen LogP contribution in [0.1, 0.15) is 12.5 Å². The van der Waals surface area contributed by atoms with Gasteiger partial charge in [0.05, 0.1) is 5.69 Å². The van der Waals surface area contributed by atoms with Crippen molar-refractivity contribution in [2.24, 2.45) is 0 Å². The third-order valence-corrected chi connectivity index (χ3v) is 3.74. The summed E-state index contributed by atoms with van der Waals surface area (Å²) in [5.41, 5.74) is 8.13. The third kappa shape index (κ3) is 4.68. The fourth-order valence-electron chi connectivity index (χ4n) is 1.86. The van der Waals surface area contributed by atoms with Crippen molar-refractivity contribution >= 4 is 35.1 Å². The van der Waals surface area contributed by atoms with E-state index in [1.807, 2.05) is 48.5 Å². The van der Waals surface area contributed by atoms with Crippen LogP contribution in [0.15, 0.2) is 59.5 Å². The van der Waals surface area contributed by atoms with E-state index >= 15 is 0 Å². The first-order valence-electron chi connectivity index (χ1n) is 6.75. The smallest absolute Gasteiger partial charge is 0.248 e. The lowest BCUT2D eigenvalue weighted by molar-refractivity contribution is -0.111. The van der Waals surface area contributed by atoms with E-state index in [1.165, 1.54) is 6.08 Å². The number of benzene rings is 2. The van der Waals surface area contributed by atoms with Gasteiger partial charge in [-0.15, -0.1) is 11.8 Å². The van der Waals surface area contributed by atoms with Crippen LogP contribution in [0.2, 0.25) is 0 Å². The molecule has 3 nitrogen and oxygen atoms in total. The summed E-state index contributed by atoms with van der Waals surface area (Å²) in [4.78, 5) is 13.1. The van der Waals surface area contributed by atoms with E-state index in [2.05, 4.69) is 12.2 Å². The monoisotopic (exact) mass is 298 g/mol. The zero-order valence-corrected chi connectivity index (χ0v) is 12.7. The number of carbonyl (C=O) groups is 1.